The van der Waals surface area contributed by atoms with E-state index in [0.29, 0.717) is 11.4 Å². The Morgan fingerprint density at radius 1 is 0.963 bits per heavy atom. The van der Waals surface area contributed by atoms with Gasteiger partial charge in [0.15, 0.2) is 5.78 Å². The van der Waals surface area contributed by atoms with Crippen LogP contribution < -0.4 is 0 Å². The molecule has 0 amide bonds. The quantitative estimate of drug-likeness (QED) is 0.430. The molecule has 0 aliphatic heterocycles. The summed E-state index contributed by atoms with van der Waals surface area (Å²) in [6.45, 7) is 4.26. The third-order valence-corrected chi connectivity index (χ3v) is 5.73. The monoisotopic (exact) mass is 439 g/mol. The van der Waals surface area contributed by atoms with Gasteiger partial charge in [0.05, 0.1) is 11.4 Å². The molecule has 0 spiro atoms. The van der Waals surface area contributed by atoms with Crippen LogP contribution in [0.5, 0.6) is 0 Å². The van der Waals surface area contributed by atoms with Crippen LogP contribution in [-0.4, -0.2) is 10.8 Å². The molecule has 0 bridgehead atoms. The van der Waals surface area contributed by atoms with Crippen molar-refractivity contribution in [1.29, 1.82) is 0 Å². The number of hydrogen-bond donors (Lipinski definition) is 0. The summed E-state index contributed by atoms with van der Waals surface area (Å²) in [7, 11) is 0. The number of carbonyl (C=O) groups excluding carboxylic acids is 1. The minimum Gasteiger partial charge on any atom is -0.294 e. The van der Waals surface area contributed by atoms with Crippen LogP contribution in [0.1, 0.15) is 36.3 Å². The average molecular weight is 441 g/mol. The van der Waals surface area contributed by atoms with Gasteiger partial charge in [-0.2, -0.15) is 0 Å². The van der Waals surface area contributed by atoms with Gasteiger partial charge in [-0.05, 0) is 53.3 Å². The van der Waals surface area contributed by atoms with Crippen LogP contribution in [0, 0.1) is 5.41 Å². The highest BCUT2D eigenvalue weighted by Gasteiger charge is 2.34. The van der Waals surface area contributed by atoms with Crippen molar-refractivity contribution in [2.24, 2.45) is 5.41 Å². The lowest BCUT2D eigenvalue weighted by molar-refractivity contribution is 0.0911. The Balaban J connectivity index is 1.95. The predicted octanol–water partition coefficient (Wildman–Crippen LogP) is 6.99. The fourth-order valence-electron chi connectivity index (χ4n) is 3.70. The first-order chi connectivity index (χ1) is 12.8. The maximum Gasteiger partial charge on any atom is 0.165 e. The van der Waals surface area contributed by atoms with Gasteiger partial charge in [-0.1, -0.05) is 65.6 Å². The van der Waals surface area contributed by atoms with Crippen molar-refractivity contribution in [3.8, 4) is 22.4 Å². The number of fused-ring (bicyclic) bond motifs is 1. The second-order valence-corrected chi connectivity index (χ2v) is 9.18. The van der Waals surface area contributed by atoms with E-state index in [1.54, 1.807) is 0 Å². The number of benzene rings is 2. The zero-order valence-electron chi connectivity index (χ0n) is 15.2. The molecule has 1 aliphatic carbocycles. The number of hydrogen-bond acceptors (Lipinski definition) is 2. The fraction of sp³-hybridized carbons (Fsp3) is 0.217. The summed E-state index contributed by atoms with van der Waals surface area (Å²) < 4.78 is 1.03. The van der Waals surface area contributed by atoms with Gasteiger partial charge >= 0.3 is 0 Å². The van der Waals surface area contributed by atoms with Gasteiger partial charge in [0, 0.05) is 27.0 Å². The van der Waals surface area contributed by atoms with E-state index in [0.717, 1.165) is 44.5 Å². The van der Waals surface area contributed by atoms with Crippen LogP contribution in [0.25, 0.3) is 22.4 Å². The first kappa shape index (κ1) is 18.4. The zero-order chi connectivity index (χ0) is 19.2. The number of rotatable bonds is 2. The molecule has 0 atom stereocenters. The minimum atomic E-state index is -0.0767. The molecule has 0 fully saturated rings. The molecule has 2 aromatic carbocycles. The van der Waals surface area contributed by atoms with E-state index >= 15 is 0 Å². The summed E-state index contributed by atoms with van der Waals surface area (Å²) in [5, 5.41) is 0.683. The number of halogens is 2. The number of Topliss-reactive ketones (excluding diaryl/α,β-unsaturated/α-hetero) is 1. The summed E-state index contributed by atoms with van der Waals surface area (Å²) in [6.07, 6.45) is 1.33. The average Bonchev–Trinajstić information content (AvgIpc) is 2.61. The van der Waals surface area contributed by atoms with E-state index in [9.17, 15) is 4.79 Å². The number of carbonyl (C=O) groups is 1. The van der Waals surface area contributed by atoms with E-state index < -0.39 is 0 Å². The molecular formula is C23H19BrClNO. The molecule has 0 radical (unpaired) electrons. The Morgan fingerprint density at radius 2 is 1.59 bits per heavy atom. The van der Waals surface area contributed by atoms with Gasteiger partial charge in [-0.25, -0.2) is 0 Å². The van der Waals surface area contributed by atoms with Crippen LogP contribution in [0.4, 0.5) is 0 Å². The molecule has 3 aromatic rings. The Bertz CT molecular complexity index is 1020. The van der Waals surface area contributed by atoms with Gasteiger partial charge in [-0.3, -0.25) is 9.78 Å². The van der Waals surface area contributed by atoms with Crippen LogP contribution in [0.2, 0.25) is 5.02 Å². The Morgan fingerprint density at radius 3 is 2.26 bits per heavy atom. The topological polar surface area (TPSA) is 30.0 Å². The van der Waals surface area contributed by atoms with Crippen molar-refractivity contribution in [2.75, 3.05) is 0 Å². The SMILES string of the molecule is CC1(C)CC(=O)c2c(-c3ccc(Cl)cc3)cc(-c3ccc(Br)cc3)nc2C1. The normalized spacial score (nSPS) is 15.5. The fourth-order valence-corrected chi connectivity index (χ4v) is 4.09. The summed E-state index contributed by atoms with van der Waals surface area (Å²) in [6, 6.07) is 17.8. The third-order valence-electron chi connectivity index (χ3n) is 4.95. The standard InChI is InChI=1S/C23H19BrClNO/c1-23(2)12-20-22(21(27)13-23)18(14-5-9-17(25)10-6-14)11-19(26-20)15-3-7-16(24)8-4-15/h3-11H,12-13H2,1-2H3. The molecule has 0 saturated heterocycles. The van der Waals surface area contributed by atoms with E-state index in [1.807, 2.05) is 54.6 Å². The third kappa shape index (κ3) is 3.71. The molecule has 0 saturated carbocycles. The van der Waals surface area contributed by atoms with Crippen LogP contribution in [0.15, 0.2) is 59.1 Å². The highest BCUT2D eigenvalue weighted by atomic mass is 79.9. The maximum atomic E-state index is 13.0. The van der Waals surface area contributed by atoms with Gasteiger partial charge < -0.3 is 0 Å². The molecule has 2 nitrogen and oxygen atoms in total. The molecule has 0 N–H and O–H groups in total. The van der Waals surface area contributed by atoms with Gasteiger partial charge in [0.2, 0.25) is 0 Å². The smallest absolute Gasteiger partial charge is 0.165 e. The van der Waals surface area contributed by atoms with E-state index in [4.69, 9.17) is 16.6 Å². The first-order valence-corrected chi connectivity index (χ1v) is 10.1. The molecule has 1 heterocycles. The Labute approximate surface area is 172 Å². The van der Waals surface area contributed by atoms with Crippen LogP contribution >= 0.6 is 27.5 Å². The van der Waals surface area contributed by atoms with Crippen molar-refractivity contribution in [1.82, 2.24) is 4.98 Å². The highest BCUT2D eigenvalue weighted by Crippen LogP contribution is 2.40. The largest absolute Gasteiger partial charge is 0.294 e. The minimum absolute atomic E-state index is 0.0767. The predicted molar refractivity (Wildman–Crippen MR) is 114 cm³/mol. The molecular weight excluding hydrogens is 422 g/mol. The number of aromatic nitrogens is 1. The number of pyridine rings is 1. The number of ketones is 1. The van der Waals surface area contributed by atoms with Crippen molar-refractivity contribution in [3.05, 3.63) is 75.4 Å². The second-order valence-electron chi connectivity index (χ2n) is 7.83. The van der Waals surface area contributed by atoms with Crippen LogP contribution in [-0.2, 0) is 6.42 Å². The van der Waals surface area contributed by atoms with Gasteiger partial charge in [0.25, 0.3) is 0 Å². The van der Waals surface area contributed by atoms with Crippen molar-refractivity contribution in [2.45, 2.75) is 26.7 Å². The molecule has 27 heavy (non-hydrogen) atoms. The lowest BCUT2D eigenvalue weighted by atomic mass is 9.74. The lowest BCUT2D eigenvalue weighted by Crippen LogP contribution is -2.28. The van der Waals surface area contributed by atoms with Crippen molar-refractivity contribution in [3.63, 3.8) is 0 Å². The summed E-state index contributed by atoms with van der Waals surface area (Å²) >= 11 is 9.55. The van der Waals surface area contributed by atoms with Crippen molar-refractivity contribution < 1.29 is 4.79 Å². The Hall–Kier alpha value is -1.97. The van der Waals surface area contributed by atoms with E-state index in [-0.39, 0.29) is 11.2 Å². The Kier molecular flexibility index (Phi) is 4.69. The highest BCUT2D eigenvalue weighted by molar-refractivity contribution is 9.10. The zero-order valence-corrected chi connectivity index (χ0v) is 17.6. The molecule has 4 heteroatoms. The molecule has 1 aromatic heterocycles. The molecule has 0 unspecified atom stereocenters. The van der Waals surface area contributed by atoms with Gasteiger partial charge in [0.1, 0.15) is 0 Å². The van der Waals surface area contributed by atoms with Crippen LogP contribution in [0.3, 0.4) is 0 Å². The van der Waals surface area contributed by atoms with E-state index in [1.165, 1.54) is 0 Å². The lowest BCUT2D eigenvalue weighted by Gasteiger charge is -2.31. The first-order valence-electron chi connectivity index (χ1n) is 8.91. The van der Waals surface area contributed by atoms with Crippen molar-refractivity contribution >= 4 is 33.3 Å². The molecule has 4 rings (SSSR count). The maximum absolute atomic E-state index is 13.0. The number of nitrogens with zero attached hydrogens (tertiary/aromatic N) is 1. The summed E-state index contributed by atoms with van der Waals surface area (Å²) in [5.41, 5.74) is 5.43. The van der Waals surface area contributed by atoms with Gasteiger partial charge in [-0.15, -0.1) is 0 Å². The molecule has 1 aliphatic rings. The summed E-state index contributed by atoms with van der Waals surface area (Å²) in [5.74, 6) is 0.168. The summed E-state index contributed by atoms with van der Waals surface area (Å²) in [4.78, 5) is 17.9. The second kappa shape index (κ2) is 6.88. The van der Waals surface area contributed by atoms with E-state index in [2.05, 4.69) is 29.8 Å². The molecule has 136 valence electrons.